The van der Waals surface area contributed by atoms with Crippen molar-refractivity contribution in [3.8, 4) is 0 Å². The van der Waals surface area contributed by atoms with E-state index < -0.39 is 134 Å². The Morgan fingerprint density at radius 1 is 0.677 bits per heavy atom. The van der Waals surface area contributed by atoms with Gasteiger partial charge in [-0.2, -0.15) is 0 Å². The summed E-state index contributed by atoms with van der Waals surface area (Å²) in [7, 11) is 0. The maximum atomic E-state index is 12.6. The molecule has 376 valence electrons. The van der Waals surface area contributed by atoms with Crippen LogP contribution in [0.1, 0.15) is 92.4 Å². The van der Waals surface area contributed by atoms with Crippen molar-refractivity contribution in [2.75, 3.05) is 19.8 Å². The molecular formula is C45H76O20. The number of hydrogen-bond donors (Lipinski definition) is 13. The van der Waals surface area contributed by atoms with Gasteiger partial charge in [-0.15, -0.1) is 0 Å². The molecule has 0 bridgehead atoms. The van der Waals surface area contributed by atoms with Crippen molar-refractivity contribution in [2.45, 2.75) is 214 Å². The number of aliphatic hydroxyl groups excluding tert-OH is 11. The van der Waals surface area contributed by atoms with Crippen LogP contribution in [0.3, 0.4) is 0 Å². The van der Waals surface area contributed by atoms with Crippen LogP contribution in [-0.4, -0.2) is 208 Å². The van der Waals surface area contributed by atoms with Gasteiger partial charge in [0.1, 0.15) is 67.1 Å². The molecular weight excluding hydrogens is 860 g/mol. The minimum atomic E-state index is -1.70. The monoisotopic (exact) mass is 936 g/mol. The molecule has 65 heavy (non-hydrogen) atoms. The van der Waals surface area contributed by atoms with Gasteiger partial charge in [-0.25, -0.2) is 0 Å². The quantitative estimate of drug-likeness (QED) is 0.0888. The lowest BCUT2D eigenvalue weighted by Crippen LogP contribution is -2.69. The zero-order chi connectivity index (χ0) is 47.3. The average molecular weight is 937 g/mol. The van der Waals surface area contributed by atoms with Gasteiger partial charge in [-0.1, -0.05) is 27.7 Å². The van der Waals surface area contributed by atoms with Crippen LogP contribution >= 0.6 is 0 Å². The van der Waals surface area contributed by atoms with Crippen molar-refractivity contribution in [3.05, 3.63) is 0 Å². The van der Waals surface area contributed by atoms with E-state index in [0.717, 1.165) is 12.8 Å². The summed E-state index contributed by atoms with van der Waals surface area (Å²) in [6.45, 7) is 8.69. The number of aliphatic hydroxyl groups is 13. The second-order valence-electron chi connectivity index (χ2n) is 21.7. The Morgan fingerprint density at radius 2 is 1.31 bits per heavy atom. The van der Waals surface area contributed by atoms with Crippen molar-refractivity contribution in [2.24, 2.45) is 46.3 Å². The van der Waals surface area contributed by atoms with Crippen LogP contribution in [0.15, 0.2) is 0 Å². The molecule has 4 saturated heterocycles. The Morgan fingerprint density at radius 3 is 2.00 bits per heavy atom. The van der Waals surface area contributed by atoms with Crippen LogP contribution in [0.5, 0.6) is 0 Å². The summed E-state index contributed by atoms with van der Waals surface area (Å²) in [4.78, 5) is 0. The molecule has 4 saturated carbocycles. The van der Waals surface area contributed by atoms with Crippen molar-refractivity contribution in [1.82, 2.24) is 0 Å². The Labute approximate surface area is 379 Å². The minimum absolute atomic E-state index is 0.0346. The summed E-state index contributed by atoms with van der Waals surface area (Å²) < 4.78 is 41.3. The predicted molar refractivity (Wildman–Crippen MR) is 220 cm³/mol. The summed E-state index contributed by atoms with van der Waals surface area (Å²) >= 11 is 0. The van der Waals surface area contributed by atoms with E-state index >= 15 is 0 Å². The van der Waals surface area contributed by atoms with Gasteiger partial charge in [0, 0.05) is 24.2 Å². The largest absolute Gasteiger partial charge is 0.394 e. The summed E-state index contributed by atoms with van der Waals surface area (Å²) in [6.07, 6.45) is -18.9. The van der Waals surface area contributed by atoms with Gasteiger partial charge < -0.3 is 99.5 Å². The molecule has 8 aliphatic rings. The fraction of sp³-hybridized carbons (Fsp3) is 1.00. The van der Waals surface area contributed by atoms with Crippen LogP contribution in [0.25, 0.3) is 0 Å². The third-order valence-corrected chi connectivity index (χ3v) is 18.1. The third-order valence-electron chi connectivity index (χ3n) is 18.1. The smallest absolute Gasteiger partial charge is 0.187 e. The van der Waals surface area contributed by atoms with Crippen LogP contribution < -0.4 is 0 Å². The molecule has 20 heteroatoms. The second kappa shape index (κ2) is 18.7. The molecule has 0 amide bonds. The van der Waals surface area contributed by atoms with Gasteiger partial charge in [0.2, 0.25) is 0 Å². The Kier molecular flexibility index (Phi) is 14.6. The molecule has 28 atom stereocenters. The highest BCUT2D eigenvalue weighted by atomic mass is 16.7. The summed E-state index contributed by atoms with van der Waals surface area (Å²) in [5, 5.41) is 140. The second-order valence-corrected chi connectivity index (χ2v) is 21.7. The molecule has 8 fully saturated rings. The molecule has 0 aromatic rings. The summed E-state index contributed by atoms with van der Waals surface area (Å²) in [6, 6.07) is 0. The normalized spacial score (nSPS) is 57.2. The molecule has 0 spiro atoms. The van der Waals surface area contributed by atoms with E-state index in [4.69, 9.17) is 33.2 Å². The molecule has 0 aromatic carbocycles. The molecule has 4 aliphatic carbocycles. The van der Waals surface area contributed by atoms with E-state index in [9.17, 15) is 66.4 Å². The van der Waals surface area contributed by atoms with Gasteiger partial charge in [0.25, 0.3) is 0 Å². The number of fused-ring (bicyclic) bond motifs is 7. The molecule has 4 heterocycles. The Hall–Kier alpha value is -0.800. The van der Waals surface area contributed by atoms with Gasteiger partial charge in [0.15, 0.2) is 24.7 Å². The number of rotatable bonds is 12. The van der Waals surface area contributed by atoms with Crippen LogP contribution in [-0.2, 0) is 33.2 Å². The van der Waals surface area contributed by atoms with Gasteiger partial charge in [0.05, 0.1) is 49.8 Å². The fourth-order valence-electron chi connectivity index (χ4n) is 14.1. The maximum absolute atomic E-state index is 12.6. The van der Waals surface area contributed by atoms with E-state index in [1.807, 2.05) is 13.8 Å². The number of ether oxygens (including phenoxy) is 7. The molecule has 20 nitrogen and oxygen atoms in total. The predicted octanol–water partition coefficient (Wildman–Crippen LogP) is -2.67. The molecule has 28 unspecified atom stereocenters. The lowest BCUT2D eigenvalue weighted by Gasteiger charge is -2.65. The third kappa shape index (κ3) is 8.47. The maximum Gasteiger partial charge on any atom is 0.187 e. The first-order valence-electron chi connectivity index (χ1n) is 23.9. The molecule has 8 rings (SSSR count). The highest BCUT2D eigenvalue weighted by Gasteiger charge is 2.72. The average Bonchev–Trinajstić information content (AvgIpc) is 3.71. The molecule has 4 aliphatic heterocycles. The SMILES string of the molecule is CC(CCC1(O)OC2CC3C4CC(O)C5(O)CC(OC6OC(CO)C(OC7OC(C)C(O)C(O)C7O)C(O)C6O)CCC5(C)C4CCC3(C)C2C1C)COC1OC(CO)C(O)C(O)C1O. The minimum Gasteiger partial charge on any atom is -0.394 e. The van der Waals surface area contributed by atoms with Gasteiger partial charge in [-0.05, 0) is 86.9 Å². The zero-order valence-electron chi connectivity index (χ0n) is 38.0. The van der Waals surface area contributed by atoms with Crippen molar-refractivity contribution >= 4 is 0 Å². The van der Waals surface area contributed by atoms with Crippen LogP contribution in [0.4, 0.5) is 0 Å². The van der Waals surface area contributed by atoms with Crippen molar-refractivity contribution in [1.29, 1.82) is 0 Å². The fourth-order valence-corrected chi connectivity index (χ4v) is 14.1. The lowest BCUT2D eigenvalue weighted by molar-refractivity contribution is -0.364. The van der Waals surface area contributed by atoms with Crippen LogP contribution in [0.2, 0.25) is 0 Å². The van der Waals surface area contributed by atoms with E-state index in [1.54, 1.807) is 0 Å². The Balaban J connectivity index is 0.869. The highest BCUT2D eigenvalue weighted by molar-refractivity contribution is 5.20. The van der Waals surface area contributed by atoms with E-state index in [0.29, 0.717) is 38.5 Å². The zero-order valence-corrected chi connectivity index (χ0v) is 38.0. The first-order chi connectivity index (χ1) is 30.5. The molecule has 0 aromatic heterocycles. The highest BCUT2D eigenvalue weighted by Crippen LogP contribution is 2.71. The first-order valence-corrected chi connectivity index (χ1v) is 23.9. The molecule has 0 radical (unpaired) electrons. The van der Waals surface area contributed by atoms with Crippen molar-refractivity contribution < 1.29 is 99.5 Å². The summed E-state index contributed by atoms with van der Waals surface area (Å²) in [5.74, 6) is -1.30. The van der Waals surface area contributed by atoms with E-state index in [2.05, 4.69) is 13.8 Å². The van der Waals surface area contributed by atoms with E-state index in [-0.39, 0.29) is 60.1 Å². The van der Waals surface area contributed by atoms with Gasteiger partial charge in [-0.3, -0.25) is 0 Å². The molecule has 13 N–H and O–H groups in total. The number of hydrogen-bond acceptors (Lipinski definition) is 20. The van der Waals surface area contributed by atoms with Crippen LogP contribution in [0, 0.1) is 46.3 Å². The lowest BCUT2D eigenvalue weighted by atomic mass is 9.42. The topological polar surface area (TPSA) is 328 Å². The Bertz CT molecular complexity index is 1630. The first kappa shape index (κ1) is 50.6. The summed E-state index contributed by atoms with van der Waals surface area (Å²) in [5.41, 5.74) is -2.44. The standard InChI is InChI=1S/C45H76O20/c1-18(17-59-39-35(54)33(52)31(50)26(15-46)62-39)6-11-45(58)19(2)29-25(65-45)13-24-22-12-28(48)44(57)14-21(7-10-43(44,5)23(22)8-9-42(24,29)4)61-41-37(56)34(53)38(27(16-47)63-41)64-40-36(55)32(51)30(49)20(3)60-40/h18-41,46-58H,6-17H2,1-5H3. The van der Waals surface area contributed by atoms with Gasteiger partial charge >= 0.3 is 0 Å². The van der Waals surface area contributed by atoms with Crippen molar-refractivity contribution in [3.63, 3.8) is 0 Å². The van der Waals surface area contributed by atoms with E-state index in [1.165, 1.54) is 6.92 Å².